The summed E-state index contributed by atoms with van der Waals surface area (Å²) in [6.07, 6.45) is 2.38. The topological polar surface area (TPSA) is 54.9 Å². The van der Waals surface area contributed by atoms with Gasteiger partial charge in [-0.2, -0.15) is 0 Å². The molecule has 0 spiro atoms. The Morgan fingerprint density at radius 1 is 1.33 bits per heavy atom. The Balaban J connectivity index is 2.17. The SMILES string of the molecule is CC(=O)c1cccc2nc(C)c(NC3CC3)nc12. The van der Waals surface area contributed by atoms with Gasteiger partial charge in [0.05, 0.1) is 11.2 Å². The predicted octanol–water partition coefficient (Wildman–Crippen LogP) is 2.72. The summed E-state index contributed by atoms with van der Waals surface area (Å²) in [5.41, 5.74) is 2.99. The van der Waals surface area contributed by atoms with Gasteiger partial charge in [-0.15, -0.1) is 0 Å². The molecule has 1 aromatic carbocycles. The largest absolute Gasteiger partial charge is 0.366 e. The van der Waals surface area contributed by atoms with E-state index < -0.39 is 0 Å². The molecule has 0 atom stereocenters. The van der Waals surface area contributed by atoms with Gasteiger partial charge in [0.25, 0.3) is 0 Å². The fourth-order valence-corrected chi connectivity index (χ4v) is 2.01. The zero-order chi connectivity index (χ0) is 12.7. The Morgan fingerprint density at radius 3 is 2.78 bits per heavy atom. The number of hydrogen-bond acceptors (Lipinski definition) is 4. The molecule has 1 aliphatic carbocycles. The lowest BCUT2D eigenvalue weighted by Gasteiger charge is -2.09. The highest BCUT2D eigenvalue weighted by Gasteiger charge is 2.22. The molecule has 0 amide bonds. The quantitative estimate of drug-likeness (QED) is 0.839. The maximum Gasteiger partial charge on any atom is 0.162 e. The van der Waals surface area contributed by atoms with Crippen LogP contribution in [0.2, 0.25) is 0 Å². The molecule has 1 heterocycles. The van der Waals surface area contributed by atoms with E-state index in [0.717, 1.165) is 17.0 Å². The number of benzene rings is 1. The fourth-order valence-electron chi connectivity index (χ4n) is 2.01. The van der Waals surface area contributed by atoms with Crippen molar-refractivity contribution in [2.45, 2.75) is 32.7 Å². The molecule has 0 unspecified atom stereocenters. The number of rotatable bonds is 3. The Bertz CT molecular complexity index is 632. The molecule has 4 heteroatoms. The molecule has 18 heavy (non-hydrogen) atoms. The molecule has 3 rings (SSSR count). The number of aromatic nitrogens is 2. The molecule has 1 aromatic heterocycles. The normalized spacial score (nSPS) is 14.8. The van der Waals surface area contributed by atoms with E-state index in [2.05, 4.69) is 15.3 Å². The van der Waals surface area contributed by atoms with Gasteiger partial charge in [-0.25, -0.2) is 9.97 Å². The summed E-state index contributed by atoms with van der Waals surface area (Å²) in [4.78, 5) is 20.7. The zero-order valence-electron chi connectivity index (χ0n) is 10.5. The second-order valence-corrected chi connectivity index (χ2v) is 4.81. The van der Waals surface area contributed by atoms with Gasteiger partial charge in [-0.05, 0) is 38.8 Å². The summed E-state index contributed by atoms with van der Waals surface area (Å²) in [6, 6.07) is 6.07. The van der Waals surface area contributed by atoms with E-state index >= 15 is 0 Å². The first kappa shape index (κ1) is 11.1. The highest BCUT2D eigenvalue weighted by molar-refractivity contribution is 6.04. The van der Waals surface area contributed by atoms with Gasteiger partial charge in [0.2, 0.25) is 0 Å². The molecule has 0 saturated heterocycles. The minimum Gasteiger partial charge on any atom is -0.366 e. The van der Waals surface area contributed by atoms with Crippen molar-refractivity contribution in [3.8, 4) is 0 Å². The molecule has 1 aliphatic rings. The number of carbonyl (C=O) groups is 1. The summed E-state index contributed by atoms with van der Waals surface area (Å²) < 4.78 is 0. The van der Waals surface area contributed by atoms with E-state index in [-0.39, 0.29) is 5.78 Å². The number of para-hydroxylation sites is 1. The van der Waals surface area contributed by atoms with Gasteiger partial charge >= 0.3 is 0 Å². The van der Waals surface area contributed by atoms with Crippen molar-refractivity contribution >= 4 is 22.6 Å². The Morgan fingerprint density at radius 2 is 2.11 bits per heavy atom. The minimum absolute atomic E-state index is 0.0242. The van der Waals surface area contributed by atoms with Crippen molar-refractivity contribution in [2.24, 2.45) is 0 Å². The molecular formula is C14H15N3O. The summed E-state index contributed by atoms with van der Waals surface area (Å²) >= 11 is 0. The first-order valence-electron chi connectivity index (χ1n) is 6.20. The van der Waals surface area contributed by atoms with Crippen LogP contribution < -0.4 is 5.32 Å². The van der Waals surface area contributed by atoms with Crippen LogP contribution in [0.1, 0.15) is 35.8 Å². The van der Waals surface area contributed by atoms with Crippen LogP contribution in [-0.2, 0) is 0 Å². The highest BCUT2D eigenvalue weighted by atomic mass is 16.1. The molecule has 1 fully saturated rings. The number of hydrogen-bond donors (Lipinski definition) is 1. The molecule has 4 nitrogen and oxygen atoms in total. The second kappa shape index (κ2) is 4.05. The summed E-state index contributed by atoms with van der Waals surface area (Å²) in [5, 5.41) is 3.36. The Hall–Kier alpha value is -1.97. The van der Waals surface area contributed by atoms with Crippen molar-refractivity contribution in [1.82, 2.24) is 9.97 Å². The lowest BCUT2D eigenvalue weighted by Crippen LogP contribution is -2.08. The molecule has 1 saturated carbocycles. The van der Waals surface area contributed by atoms with Gasteiger partial charge in [-0.3, -0.25) is 4.79 Å². The second-order valence-electron chi connectivity index (χ2n) is 4.81. The van der Waals surface area contributed by atoms with E-state index in [0.29, 0.717) is 17.1 Å². The minimum atomic E-state index is 0.0242. The van der Waals surface area contributed by atoms with Crippen molar-refractivity contribution in [2.75, 3.05) is 5.32 Å². The van der Waals surface area contributed by atoms with Crippen molar-refractivity contribution in [3.05, 3.63) is 29.5 Å². The number of ketones is 1. The van der Waals surface area contributed by atoms with Gasteiger partial charge in [-0.1, -0.05) is 6.07 Å². The van der Waals surface area contributed by atoms with Crippen molar-refractivity contribution < 1.29 is 4.79 Å². The molecular weight excluding hydrogens is 226 g/mol. The van der Waals surface area contributed by atoms with Crippen LogP contribution in [0, 0.1) is 6.92 Å². The monoisotopic (exact) mass is 241 g/mol. The highest BCUT2D eigenvalue weighted by Crippen LogP contribution is 2.26. The average molecular weight is 241 g/mol. The van der Waals surface area contributed by atoms with Crippen LogP contribution in [-0.4, -0.2) is 21.8 Å². The van der Waals surface area contributed by atoms with Gasteiger partial charge in [0.1, 0.15) is 11.3 Å². The smallest absolute Gasteiger partial charge is 0.162 e. The molecule has 0 radical (unpaired) electrons. The Labute approximate surface area is 105 Å². The Kier molecular flexibility index (Phi) is 2.51. The summed E-state index contributed by atoms with van der Waals surface area (Å²) in [7, 11) is 0. The summed E-state index contributed by atoms with van der Waals surface area (Å²) in [5.74, 6) is 0.829. The molecule has 2 aromatic rings. The van der Waals surface area contributed by atoms with Crippen LogP contribution in [0.5, 0.6) is 0 Å². The van der Waals surface area contributed by atoms with Gasteiger partial charge < -0.3 is 5.32 Å². The third kappa shape index (κ3) is 1.94. The number of anilines is 1. The molecule has 92 valence electrons. The third-order valence-electron chi connectivity index (χ3n) is 3.17. The number of Topliss-reactive ketones (excluding diaryl/α,β-unsaturated/α-hetero) is 1. The van der Waals surface area contributed by atoms with E-state index in [1.54, 1.807) is 13.0 Å². The van der Waals surface area contributed by atoms with Crippen molar-refractivity contribution in [3.63, 3.8) is 0 Å². The lowest BCUT2D eigenvalue weighted by molar-refractivity contribution is 0.101. The zero-order valence-corrected chi connectivity index (χ0v) is 10.5. The van der Waals surface area contributed by atoms with Crippen LogP contribution in [0.3, 0.4) is 0 Å². The number of nitrogens with zero attached hydrogens (tertiary/aromatic N) is 2. The summed E-state index contributed by atoms with van der Waals surface area (Å²) in [6.45, 7) is 3.50. The van der Waals surface area contributed by atoms with E-state index in [1.807, 2.05) is 19.1 Å². The average Bonchev–Trinajstić information content (AvgIpc) is 3.13. The number of nitrogens with one attached hydrogen (secondary N) is 1. The number of carbonyl (C=O) groups excluding carboxylic acids is 1. The van der Waals surface area contributed by atoms with E-state index in [9.17, 15) is 4.79 Å². The van der Waals surface area contributed by atoms with Crippen LogP contribution >= 0.6 is 0 Å². The van der Waals surface area contributed by atoms with Gasteiger partial charge in [0, 0.05) is 11.6 Å². The maximum absolute atomic E-state index is 11.6. The van der Waals surface area contributed by atoms with Crippen LogP contribution in [0.25, 0.3) is 11.0 Å². The van der Waals surface area contributed by atoms with Crippen LogP contribution in [0.4, 0.5) is 5.82 Å². The molecule has 0 bridgehead atoms. The fraction of sp³-hybridized carbons (Fsp3) is 0.357. The maximum atomic E-state index is 11.6. The first-order valence-corrected chi connectivity index (χ1v) is 6.20. The number of aryl methyl sites for hydroxylation is 1. The predicted molar refractivity (Wildman–Crippen MR) is 70.9 cm³/mol. The third-order valence-corrected chi connectivity index (χ3v) is 3.17. The van der Waals surface area contributed by atoms with Crippen molar-refractivity contribution in [1.29, 1.82) is 0 Å². The van der Waals surface area contributed by atoms with Gasteiger partial charge in [0.15, 0.2) is 5.78 Å². The molecule has 1 N–H and O–H groups in total. The number of fused-ring (bicyclic) bond motifs is 1. The molecule has 0 aliphatic heterocycles. The first-order chi connectivity index (χ1) is 8.65. The van der Waals surface area contributed by atoms with Crippen LogP contribution in [0.15, 0.2) is 18.2 Å². The van der Waals surface area contributed by atoms with E-state index in [1.165, 1.54) is 12.8 Å². The van der Waals surface area contributed by atoms with E-state index in [4.69, 9.17) is 0 Å². The lowest BCUT2D eigenvalue weighted by atomic mass is 10.1. The standard InChI is InChI=1S/C14H15N3O/c1-8-14(16-10-6-7-10)17-13-11(9(2)18)4-3-5-12(13)15-8/h3-5,10H,6-7H2,1-2H3,(H,16,17).